The van der Waals surface area contributed by atoms with Gasteiger partial charge >= 0.3 is 0 Å². The summed E-state index contributed by atoms with van der Waals surface area (Å²) in [4.78, 5) is 0. The van der Waals surface area contributed by atoms with Crippen LogP contribution in [0.25, 0.3) is 0 Å². The molecule has 3 nitrogen and oxygen atoms in total. The minimum Gasteiger partial charge on any atom is -0.496 e. The van der Waals surface area contributed by atoms with Gasteiger partial charge in [0.2, 0.25) is 0 Å². The van der Waals surface area contributed by atoms with E-state index in [9.17, 15) is 0 Å². The van der Waals surface area contributed by atoms with Gasteiger partial charge in [-0.05, 0) is 50.1 Å². The average molecular weight is 285 g/mol. The van der Waals surface area contributed by atoms with Gasteiger partial charge in [0.1, 0.15) is 11.5 Å². The molecule has 0 aromatic heterocycles. The van der Waals surface area contributed by atoms with Crippen molar-refractivity contribution in [2.24, 2.45) is 5.73 Å². The predicted molar refractivity (Wildman–Crippen MR) is 86.0 cm³/mol. The maximum absolute atomic E-state index is 6.41. The Morgan fingerprint density at radius 2 is 1.81 bits per heavy atom. The maximum atomic E-state index is 6.41. The lowest BCUT2D eigenvalue weighted by molar-refractivity contribution is 0.242. The van der Waals surface area contributed by atoms with E-state index in [2.05, 4.69) is 0 Å². The summed E-state index contributed by atoms with van der Waals surface area (Å²) >= 11 is 0. The Kier molecular flexibility index (Phi) is 4.86. The third-order valence-electron chi connectivity index (χ3n) is 3.31. The number of hydrogen-bond acceptors (Lipinski definition) is 3. The maximum Gasteiger partial charge on any atom is 0.124 e. The molecule has 2 N–H and O–H groups in total. The number of nitrogens with two attached hydrogens (primary N) is 1. The van der Waals surface area contributed by atoms with Crippen LogP contribution >= 0.6 is 0 Å². The fourth-order valence-electron chi connectivity index (χ4n) is 2.31. The highest BCUT2D eigenvalue weighted by atomic mass is 16.5. The van der Waals surface area contributed by atoms with Gasteiger partial charge in [-0.2, -0.15) is 0 Å². The smallest absolute Gasteiger partial charge is 0.124 e. The first kappa shape index (κ1) is 15.4. The van der Waals surface area contributed by atoms with Gasteiger partial charge in [-0.25, -0.2) is 0 Å². The van der Waals surface area contributed by atoms with Crippen molar-refractivity contribution in [3.05, 3.63) is 59.2 Å². The van der Waals surface area contributed by atoms with Crippen LogP contribution in [-0.4, -0.2) is 13.2 Å². The average Bonchev–Trinajstić information content (AvgIpc) is 2.46. The molecule has 2 rings (SSSR count). The molecule has 3 heteroatoms. The van der Waals surface area contributed by atoms with Crippen molar-refractivity contribution >= 4 is 0 Å². The van der Waals surface area contributed by atoms with Gasteiger partial charge in [-0.3, -0.25) is 0 Å². The Morgan fingerprint density at radius 1 is 1.05 bits per heavy atom. The van der Waals surface area contributed by atoms with Crippen LogP contribution in [0.4, 0.5) is 0 Å². The SMILES string of the molecule is COc1cc(C)ccc1C(N)c1cccc(OC(C)C)c1. The van der Waals surface area contributed by atoms with Gasteiger partial charge in [-0.15, -0.1) is 0 Å². The quantitative estimate of drug-likeness (QED) is 0.907. The van der Waals surface area contributed by atoms with Crippen LogP contribution in [0.3, 0.4) is 0 Å². The molecule has 0 heterocycles. The Labute approximate surface area is 126 Å². The number of methoxy groups -OCH3 is 1. The van der Waals surface area contributed by atoms with Crippen molar-refractivity contribution in [2.45, 2.75) is 32.9 Å². The van der Waals surface area contributed by atoms with Crippen molar-refractivity contribution < 1.29 is 9.47 Å². The Bertz CT molecular complexity index is 608. The van der Waals surface area contributed by atoms with E-state index in [1.165, 1.54) is 0 Å². The van der Waals surface area contributed by atoms with Gasteiger partial charge in [0, 0.05) is 5.56 Å². The van der Waals surface area contributed by atoms with Crippen LogP contribution in [0.5, 0.6) is 11.5 Å². The van der Waals surface area contributed by atoms with Crippen molar-refractivity contribution in [1.82, 2.24) is 0 Å². The van der Waals surface area contributed by atoms with Crippen molar-refractivity contribution in [2.75, 3.05) is 7.11 Å². The summed E-state index contributed by atoms with van der Waals surface area (Å²) in [6.07, 6.45) is 0.144. The fraction of sp³-hybridized carbons (Fsp3) is 0.333. The number of hydrogen-bond donors (Lipinski definition) is 1. The molecule has 112 valence electrons. The highest BCUT2D eigenvalue weighted by molar-refractivity contribution is 5.44. The van der Waals surface area contributed by atoms with Crippen LogP contribution in [0, 0.1) is 6.92 Å². The summed E-state index contributed by atoms with van der Waals surface area (Å²) in [5.41, 5.74) is 9.55. The normalized spacial score (nSPS) is 12.3. The second-order valence-electron chi connectivity index (χ2n) is 5.46. The van der Waals surface area contributed by atoms with E-state index in [1.807, 2.05) is 63.2 Å². The monoisotopic (exact) mass is 285 g/mol. The van der Waals surface area contributed by atoms with Gasteiger partial charge in [0.05, 0.1) is 19.3 Å². The van der Waals surface area contributed by atoms with Crippen molar-refractivity contribution in [3.8, 4) is 11.5 Å². The minimum absolute atomic E-state index is 0.144. The Morgan fingerprint density at radius 3 is 2.48 bits per heavy atom. The largest absolute Gasteiger partial charge is 0.496 e. The topological polar surface area (TPSA) is 44.5 Å². The van der Waals surface area contributed by atoms with E-state index in [1.54, 1.807) is 7.11 Å². The zero-order valence-electron chi connectivity index (χ0n) is 13.1. The number of rotatable bonds is 5. The summed E-state index contributed by atoms with van der Waals surface area (Å²) < 4.78 is 11.2. The first-order valence-electron chi connectivity index (χ1n) is 7.18. The first-order valence-corrected chi connectivity index (χ1v) is 7.18. The van der Waals surface area contributed by atoms with Crippen LogP contribution in [-0.2, 0) is 0 Å². The molecule has 0 bridgehead atoms. The van der Waals surface area contributed by atoms with Gasteiger partial charge in [0.15, 0.2) is 0 Å². The number of aryl methyl sites for hydroxylation is 1. The zero-order chi connectivity index (χ0) is 15.4. The van der Waals surface area contributed by atoms with Crippen LogP contribution in [0.1, 0.15) is 36.6 Å². The summed E-state index contributed by atoms with van der Waals surface area (Å²) in [6.45, 7) is 6.06. The Hall–Kier alpha value is -2.00. The molecule has 0 aliphatic rings. The van der Waals surface area contributed by atoms with Gasteiger partial charge < -0.3 is 15.2 Å². The summed E-state index contributed by atoms with van der Waals surface area (Å²) in [7, 11) is 1.67. The van der Waals surface area contributed by atoms with E-state index in [0.29, 0.717) is 0 Å². The molecule has 2 aromatic rings. The lowest BCUT2D eigenvalue weighted by atomic mass is 9.97. The third kappa shape index (κ3) is 3.76. The predicted octanol–water partition coefficient (Wildman–Crippen LogP) is 3.84. The molecule has 0 saturated carbocycles. The van der Waals surface area contributed by atoms with E-state index >= 15 is 0 Å². The van der Waals surface area contributed by atoms with Gasteiger partial charge in [-0.1, -0.05) is 24.3 Å². The van der Waals surface area contributed by atoms with Gasteiger partial charge in [0.25, 0.3) is 0 Å². The van der Waals surface area contributed by atoms with Crippen LogP contribution in [0.15, 0.2) is 42.5 Å². The minimum atomic E-state index is -0.240. The molecule has 2 aromatic carbocycles. The lowest BCUT2D eigenvalue weighted by Gasteiger charge is -2.18. The number of ether oxygens (including phenoxy) is 2. The molecule has 0 fully saturated rings. The second kappa shape index (κ2) is 6.64. The second-order valence-corrected chi connectivity index (χ2v) is 5.46. The fourth-order valence-corrected chi connectivity index (χ4v) is 2.31. The van der Waals surface area contributed by atoms with E-state index in [-0.39, 0.29) is 12.1 Å². The van der Waals surface area contributed by atoms with Crippen molar-refractivity contribution in [3.63, 3.8) is 0 Å². The van der Waals surface area contributed by atoms with Crippen LogP contribution in [0.2, 0.25) is 0 Å². The Balaban J connectivity index is 2.33. The standard InChI is InChI=1S/C18H23NO2/c1-12(2)21-15-7-5-6-14(11-15)18(19)16-9-8-13(3)10-17(16)20-4/h5-12,18H,19H2,1-4H3. The van der Waals surface area contributed by atoms with E-state index in [4.69, 9.17) is 15.2 Å². The zero-order valence-corrected chi connectivity index (χ0v) is 13.1. The molecule has 1 unspecified atom stereocenters. The molecule has 21 heavy (non-hydrogen) atoms. The molecule has 1 atom stereocenters. The van der Waals surface area contributed by atoms with E-state index < -0.39 is 0 Å². The highest BCUT2D eigenvalue weighted by Gasteiger charge is 2.15. The highest BCUT2D eigenvalue weighted by Crippen LogP contribution is 2.30. The molecular weight excluding hydrogens is 262 g/mol. The summed E-state index contributed by atoms with van der Waals surface area (Å²) in [5.74, 6) is 1.65. The van der Waals surface area contributed by atoms with Crippen molar-refractivity contribution in [1.29, 1.82) is 0 Å². The lowest BCUT2D eigenvalue weighted by Crippen LogP contribution is -2.14. The molecule has 0 aliphatic heterocycles. The summed E-state index contributed by atoms with van der Waals surface area (Å²) in [6, 6.07) is 13.7. The molecule has 0 saturated heterocycles. The number of benzene rings is 2. The summed E-state index contributed by atoms with van der Waals surface area (Å²) in [5, 5.41) is 0. The molecular formula is C18H23NO2. The third-order valence-corrected chi connectivity index (χ3v) is 3.31. The van der Waals surface area contributed by atoms with E-state index in [0.717, 1.165) is 28.2 Å². The first-order chi connectivity index (χ1) is 10.0. The van der Waals surface area contributed by atoms with Crippen LogP contribution < -0.4 is 15.2 Å². The molecule has 0 aliphatic carbocycles. The molecule has 0 spiro atoms. The molecule has 0 amide bonds. The molecule has 0 radical (unpaired) electrons.